The van der Waals surface area contributed by atoms with Crippen LogP contribution in [0.4, 0.5) is 0 Å². The average molecular weight is 469 g/mol. The van der Waals surface area contributed by atoms with Gasteiger partial charge in [0.05, 0.1) is 13.7 Å². The van der Waals surface area contributed by atoms with Crippen molar-refractivity contribution < 1.29 is 9.53 Å². The van der Waals surface area contributed by atoms with Gasteiger partial charge >= 0.3 is 5.97 Å². The van der Waals surface area contributed by atoms with E-state index in [1.165, 1.54) is 29.4 Å². The molecule has 0 heterocycles. The number of halogens is 2. The molecular weight excluding hydrogens is 446 g/mol. The highest BCUT2D eigenvalue weighted by molar-refractivity contribution is 9.11. The molecule has 0 atom stereocenters. The first-order valence-corrected chi connectivity index (χ1v) is 9.69. The normalized spacial score (nSPS) is 11.0. The SMILES string of the molecule is COC(=O)CN(Cc1c(C)cc(C)cc1C)Cc1c(Br)cccc1Br. The second-order valence-corrected chi connectivity index (χ2v) is 8.01. The van der Waals surface area contributed by atoms with E-state index in [0.717, 1.165) is 14.5 Å². The lowest BCUT2D eigenvalue weighted by Gasteiger charge is -2.24. The molecule has 2 aromatic rings. The number of nitrogens with zero attached hydrogens (tertiary/aromatic N) is 1. The number of methoxy groups -OCH3 is 1. The Morgan fingerprint density at radius 1 is 1.00 bits per heavy atom. The van der Waals surface area contributed by atoms with Gasteiger partial charge in [-0.25, -0.2) is 0 Å². The van der Waals surface area contributed by atoms with Gasteiger partial charge in [-0.1, -0.05) is 55.6 Å². The van der Waals surface area contributed by atoms with Crippen LogP contribution in [0.15, 0.2) is 39.3 Å². The highest BCUT2D eigenvalue weighted by Crippen LogP contribution is 2.28. The Bertz CT molecular complexity index is 731. The lowest BCUT2D eigenvalue weighted by Crippen LogP contribution is -2.30. The van der Waals surface area contributed by atoms with Gasteiger partial charge in [-0.2, -0.15) is 0 Å². The molecule has 0 unspecified atom stereocenters. The van der Waals surface area contributed by atoms with E-state index in [1.807, 2.05) is 18.2 Å². The van der Waals surface area contributed by atoms with Gasteiger partial charge in [0.25, 0.3) is 0 Å². The van der Waals surface area contributed by atoms with Gasteiger partial charge in [-0.3, -0.25) is 9.69 Å². The summed E-state index contributed by atoms with van der Waals surface area (Å²) in [5, 5.41) is 0. The lowest BCUT2D eigenvalue weighted by molar-refractivity contribution is -0.142. The number of hydrogen-bond donors (Lipinski definition) is 0. The number of aryl methyl sites for hydroxylation is 3. The Hall–Kier alpha value is -1.17. The number of rotatable bonds is 6. The molecule has 0 aliphatic rings. The van der Waals surface area contributed by atoms with Crippen molar-refractivity contribution in [1.29, 1.82) is 0 Å². The predicted molar refractivity (Wildman–Crippen MR) is 109 cm³/mol. The molecule has 0 N–H and O–H groups in total. The van der Waals surface area contributed by atoms with Crippen LogP contribution in [0.3, 0.4) is 0 Å². The van der Waals surface area contributed by atoms with E-state index in [4.69, 9.17) is 4.74 Å². The van der Waals surface area contributed by atoms with Gasteiger partial charge in [-0.05, 0) is 55.2 Å². The molecule has 0 saturated heterocycles. The molecular formula is C20H23Br2NO2. The highest BCUT2D eigenvalue weighted by atomic mass is 79.9. The molecule has 3 nitrogen and oxygen atoms in total. The van der Waals surface area contributed by atoms with E-state index >= 15 is 0 Å². The molecule has 134 valence electrons. The number of carbonyl (C=O) groups is 1. The molecule has 0 fully saturated rings. The first-order chi connectivity index (χ1) is 11.8. The first kappa shape index (κ1) is 20.1. The van der Waals surface area contributed by atoms with Crippen molar-refractivity contribution in [2.45, 2.75) is 33.9 Å². The maximum atomic E-state index is 11.9. The summed E-state index contributed by atoms with van der Waals surface area (Å²) in [4.78, 5) is 14.0. The summed E-state index contributed by atoms with van der Waals surface area (Å²) in [5.74, 6) is -0.231. The quantitative estimate of drug-likeness (QED) is 0.538. The van der Waals surface area contributed by atoms with E-state index in [2.05, 4.69) is 69.7 Å². The molecule has 0 saturated carbocycles. The summed E-state index contributed by atoms with van der Waals surface area (Å²) < 4.78 is 6.94. The van der Waals surface area contributed by atoms with Crippen molar-refractivity contribution in [3.8, 4) is 0 Å². The van der Waals surface area contributed by atoms with Crippen LogP contribution >= 0.6 is 31.9 Å². The number of esters is 1. The lowest BCUT2D eigenvalue weighted by atomic mass is 9.99. The molecule has 0 aliphatic heterocycles. The van der Waals surface area contributed by atoms with Gasteiger partial charge in [0, 0.05) is 22.0 Å². The smallest absolute Gasteiger partial charge is 0.319 e. The van der Waals surface area contributed by atoms with Crippen LogP contribution in [0.5, 0.6) is 0 Å². The van der Waals surface area contributed by atoms with Crippen molar-refractivity contribution in [2.24, 2.45) is 0 Å². The van der Waals surface area contributed by atoms with Gasteiger partial charge < -0.3 is 4.74 Å². The standard InChI is InChI=1S/C20H23Br2NO2/c1-13-8-14(2)16(15(3)9-13)10-23(12-20(24)25-4)11-17-18(21)6-5-7-19(17)22/h5-9H,10-12H2,1-4H3. The maximum Gasteiger partial charge on any atom is 0.319 e. The third kappa shape index (κ3) is 5.40. The molecule has 0 aliphatic carbocycles. The molecule has 0 spiro atoms. The fraction of sp³-hybridized carbons (Fsp3) is 0.350. The predicted octanol–water partition coefficient (Wildman–Crippen LogP) is 5.31. The van der Waals surface area contributed by atoms with Gasteiger partial charge in [0.15, 0.2) is 0 Å². The summed E-state index contributed by atoms with van der Waals surface area (Å²) >= 11 is 7.22. The number of benzene rings is 2. The second-order valence-electron chi connectivity index (χ2n) is 6.30. The van der Waals surface area contributed by atoms with Crippen LogP contribution in [-0.2, 0) is 22.6 Å². The Labute approximate surface area is 166 Å². The van der Waals surface area contributed by atoms with Crippen LogP contribution in [-0.4, -0.2) is 24.5 Å². The van der Waals surface area contributed by atoms with Crippen molar-refractivity contribution in [1.82, 2.24) is 4.90 Å². The largest absolute Gasteiger partial charge is 0.468 e. The van der Waals surface area contributed by atoms with Crippen LogP contribution < -0.4 is 0 Å². The van der Waals surface area contributed by atoms with E-state index < -0.39 is 0 Å². The average Bonchev–Trinajstić information content (AvgIpc) is 2.53. The van der Waals surface area contributed by atoms with Crippen LogP contribution in [0.25, 0.3) is 0 Å². The molecule has 0 radical (unpaired) electrons. The van der Waals surface area contributed by atoms with Crippen LogP contribution in [0.2, 0.25) is 0 Å². The first-order valence-electron chi connectivity index (χ1n) is 8.10. The number of ether oxygens (including phenoxy) is 1. The summed E-state index contributed by atoms with van der Waals surface area (Å²) in [6.07, 6.45) is 0. The zero-order valence-corrected chi connectivity index (χ0v) is 18.2. The van der Waals surface area contributed by atoms with Gasteiger partial charge in [0.1, 0.15) is 0 Å². The molecule has 0 amide bonds. The molecule has 2 rings (SSSR count). The fourth-order valence-electron chi connectivity index (χ4n) is 3.00. The Balaban J connectivity index is 2.32. The summed E-state index contributed by atoms with van der Waals surface area (Å²) in [7, 11) is 1.43. The van der Waals surface area contributed by atoms with Crippen molar-refractivity contribution in [2.75, 3.05) is 13.7 Å². The van der Waals surface area contributed by atoms with E-state index in [1.54, 1.807) is 0 Å². The minimum atomic E-state index is -0.231. The van der Waals surface area contributed by atoms with Crippen molar-refractivity contribution in [3.05, 3.63) is 67.1 Å². The second kappa shape index (κ2) is 8.97. The maximum absolute atomic E-state index is 11.9. The molecule has 2 aromatic carbocycles. The van der Waals surface area contributed by atoms with E-state index in [-0.39, 0.29) is 12.5 Å². The molecule has 0 aromatic heterocycles. The topological polar surface area (TPSA) is 29.5 Å². The van der Waals surface area contributed by atoms with Crippen LogP contribution in [0.1, 0.15) is 27.8 Å². The molecule has 25 heavy (non-hydrogen) atoms. The Morgan fingerprint density at radius 2 is 1.52 bits per heavy atom. The Morgan fingerprint density at radius 3 is 2.04 bits per heavy atom. The van der Waals surface area contributed by atoms with Gasteiger partial charge in [0.2, 0.25) is 0 Å². The van der Waals surface area contributed by atoms with Crippen LogP contribution in [0, 0.1) is 20.8 Å². The van der Waals surface area contributed by atoms with Crippen molar-refractivity contribution >= 4 is 37.8 Å². The molecule has 0 bridgehead atoms. The third-order valence-electron chi connectivity index (χ3n) is 4.25. The van der Waals surface area contributed by atoms with E-state index in [0.29, 0.717) is 13.1 Å². The summed E-state index contributed by atoms with van der Waals surface area (Å²) in [6.45, 7) is 7.94. The summed E-state index contributed by atoms with van der Waals surface area (Å²) in [6, 6.07) is 10.4. The third-order valence-corrected chi connectivity index (χ3v) is 5.73. The molecule has 5 heteroatoms. The Kier molecular flexibility index (Phi) is 7.23. The number of carbonyl (C=O) groups excluding carboxylic acids is 1. The van der Waals surface area contributed by atoms with Gasteiger partial charge in [-0.15, -0.1) is 0 Å². The summed E-state index contributed by atoms with van der Waals surface area (Å²) in [5.41, 5.74) is 6.13. The van der Waals surface area contributed by atoms with E-state index in [9.17, 15) is 4.79 Å². The highest BCUT2D eigenvalue weighted by Gasteiger charge is 2.17. The minimum Gasteiger partial charge on any atom is -0.468 e. The number of hydrogen-bond acceptors (Lipinski definition) is 3. The van der Waals surface area contributed by atoms with Crippen molar-refractivity contribution in [3.63, 3.8) is 0 Å². The minimum absolute atomic E-state index is 0.231. The monoisotopic (exact) mass is 467 g/mol. The zero-order chi connectivity index (χ0) is 18.6. The zero-order valence-electron chi connectivity index (χ0n) is 15.0. The fourth-order valence-corrected chi connectivity index (χ4v) is 4.25.